The molecule has 3 rings (SSSR count). The molecule has 0 bridgehead atoms. The van der Waals surface area contributed by atoms with E-state index in [1.807, 2.05) is 37.3 Å². The van der Waals surface area contributed by atoms with Gasteiger partial charge in [0.15, 0.2) is 5.03 Å². The number of benzene rings is 1. The third kappa shape index (κ3) is 3.88. The van der Waals surface area contributed by atoms with Gasteiger partial charge in [0.2, 0.25) is 0 Å². The van der Waals surface area contributed by atoms with Crippen molar-refractivity contribution >= 4 is 16.0 Å². The second kappa shape index (κ2) is 6.93. The minimum atomic E-state index is -3.82. The van der Waals surface area contributed by atoms with E-state index in [0.29, 0.717) is 5.92 Å². The summed E-state index contributed by atoms with van der Waals surface area (Å²) in [6, 6.07) is 11.8. The predicted molar refractivity (Wildman–Crippen MR) is 92.6 cm³/mol. The summed E-state index contributed by atoms with van der Waals surface area (Å²) in [6.07, 6.45) is 3.12. The Morgan fingerprint density at radius 1 is 1.24 bits per heavy atom. The van der Waals surface area contributed by atoms with Gasteiger partial charge in [-0.15, -0.1) is 0 Å². The zero-order valence-corrected chi connectivity index (χ0v) is 14.7. The molecule has 0 radical (unpaired) electrons. The molecular formula is C18H20N2O4S. The minimum Gasteiger partial charge on any atom is -0.478 e. The van der Waals surface area contributed by atoms with Crippen molar-refractivity contribution in [3.63, 3.8) is 0 Å². The number of rotatable bonds is 7. The van der Waals surface area contributed by atoms with E-state index < -0.39 is 16.0 Å². The molecule has 1 heterocycles. The van der Waals surface area contributed by atoms with E-state index in [1.165, 1.54) is 16.4 Å². The zero-order chi connectivity index (χ0) is 18.0. The number of hydrogen-bond donors (Lipinski definition) is 1. The van der Waals surface area contributed by atoms with Gasteiger partial charge in [0.25, 0.3) is 10.0 Å². The van der Waals surface area contributed by atoms with Crippen LogP contribution in [0.4, 0.5) is 0 Å². The molecule has 1 aliphatic rings. The van der Waals surface area contributed by atoms with Crippen molar-refractivity contribution in [3.05, 3.63) is 59.8 Å². The molecule has 25 heavy (non-hydrogen) atoms. The molecule has 7 heteroatoms. The average molecular weight is 360 g/mol. The van der Waals surface area contributed by atoms with Crippen molar-refractivity contribution in [1.82, 2.24) is 9.29 Å². The smallest absolute Gasteiger partial charge is 0.337 e. The number of aromatic carboxylic acids is 1. The Morgan fingerprint density at radius 3 is 2.44 bits per heavy atom. The maximum absolute atomic E-state index is 13.1. The van der Waals surface area contributed by atoms with E-state index >= 15 is 0 Å². The Bertz CT molecular complexity index is 846. The summed E-state index contributed by atoms with van der Waals surface area (Å²) in [6.45, 7) is 2.19. The van der Waals surface area contributed by atoms with Gasteiger partial charge in [0.05, 0.1) is 5.56 Å². The highest BCUT2D eigenvalue weighted by molar-refractivity contribution is 7.89. The number of nitrogens with zero attached hydrogens (tertiary/aromatic N) is 2. The predicted octanol–water partition coefficient (Wildman–Crippen LogP) is 2.77. The highest BCUT2D eigenvalue weighted by Crippen LogP contribution is 2.37. The fourth-order valence-corrected chi connectivity index (χ4v) is 4.40. The molecule has 0 saturated heterocycles. The third-order valence-corrected chi connectivity index (χ3v) is 6.35. The third-order valence-electron chi connectivity index (χ3n) is 4.50. The lowest BCUT2D eigenvalue weighted by Gasteiger charge is -2.28. The number of sulfonamides is 1. The number of pyridine rings is 1. The molecule has 2 aromatic rings. The molecule has 1 aromatic carbocycles. The van der Waals surface area contributed by atoms with Crippen molar-refractivity contribution < 1.29 is 18.3 Å². The summed E-state index contributed by atoms with van der Waals surface area (Å²) in [5, 5.41) is 8.83. The van der Waals surface area contributed by atoms with Crippen LogP contribution in [0.2, 0.25) is 0 Å². The van der Waals surface area contributed by atoms with Crippen molar-refractivity contribution in [3.8, 4) is 0 Å². The molecule has 1 aromatic heterocycles. The highest BCUT2D eigenvalue weighted by Gasteiger charge is 2.38. The van der Waals surface area contributed by atoms with Gasteiger partial charge in [-0.2, -0.15) is 4.31 Å². The lowest BCUT2D eigenvalue weighted by Crippen LogP contribution is -2.39. The van der Waals surface area contributed by atoms with Crippen LogP contribution in [0.5, 0.6) is 0 Å². The number of aromatic nitrogens is 1. The summed E-state index contributed by atoms with van der Waals surface area (Å²) in [5.74, 6) is -0.777. The molecular weight excluding hydrogens is 340 g/mol. The maximum atomic E-state index is 13.1. The van der Waals surface area contributed by atoms with Crippen LogP contribution in [-0.2, 0) is 16.6 Å². The van der Waals surface area contributed by atoms with Gasteiger partial charge in [-0.25, -0.2) is 18.2 Å². The van der Waals surface area contributed by atoms with Crippen LogP contribution in [0, 0.1) is 5.92 Å². The van der Waals surface area contributed by atoms with Crippen molar-refractivity contribution in [2.75, 3.05) is 0 Å². The second-order valence-electron chi connectivity index (χ2n) is 6.30. The van der Waals surface area contributed by atoms with Gasteiger partial charge in [-0.1, -0.05) is 30.3 Å². The van der Waals surface area contributed by atoms with Crippen LogP contribution >= 0.6 is 0 Å². The van der Waals surface area contributed by atoms with E-state index in [2.05, 4.69) is 4.98 Å². The molecule has 1 fully saturated rings. The van der Waals surface area contributed by atoms with Crippen LogP contribution in [0.25, 0.3) is 0 Å². The number of hydrogen-bond acceptors (Lipinski definition) is 4. The van der Waals surface area contributed by atoms with Crippen LogP contribution in [-0.4, -0.2) is 34.8 Å². The van der Waals surface area contributed by atoms with E-state index in [-0.39, 0.29) is 23.2 Å². The van der Waals surface area contributed by atoms with Crippen molar-refractivity contribution in [2.45, 2.75) is 37.4 Å². The standard InChI is InChI=1S/C18H20N2O4S/c1-13(15-7-8-15)20(12-14-5-3-2-4-6-14)25(23,24)17-10-9-16(11-19-17)18(21)22/h2-6,9-11,13,15H,7-8,12H2,1H3,(H,21,22). The fraction of sp³-hybridized carbons (Fsp3) is 0.333. The summed E-state index contributed by atoms with van der Waals surface area (Å²) in [4.78, 5) is 14.8. The van der Waals surface area contributed by atoms with E-state index in [4.69, 9.17) is 5.11 Å². The van der Waals surface area contributed by atoms with Crippen LogP contribution in [0.3, 0.4) is 0 Å². The van der Waals surface area contributed by atoms with Crippen molar-refractivity contribution in [2.24, 2.45) is 5.92 Å². The molecule has 1 N–H and O–H groups in total. The van der Waals surface area contributed by atoms with Crippen LogP contribution < -0.4 is 0 Å². The molecule has 0 aliphatic heterocycles. The Hall–Kier alpha value is -2.25. The molecule has 1 aliphatic carbocycles. The van der Waals surface area contributed by atoms with E-state index in [0.717, 1.165) is 24.6 Å². The first-order valence-electron chi connectivity index (χ1n) is 8.14. The normalized spacial score (nSPS) is 15.9. The average Bonchev–Trinajstić information content (AvgIpc) is 3.45. The highest BCUT2D eigenvalue weighted by atomic mass is 32.2. The monoisotopic (exact) mass is 360 g/mol. The minimum absolute atomic E-state index is 0.0381. The Balaban J connectivity index is 1.94. The molecule has 6 nitrogen and oxygen atoms in total. The number of carboxylic acid groups (broad SMARTS) is 1. The van der Waals surface area contributed by atoms with Crippen LogP contribution in [0.1, 0.15) is 35.7 Å². The van der Waals surface area contributed by atoms with E-state index in [1.54, 1.807) is 0 Å². The molecule has 1 atom stereocenters. The van der Waals surface area contributed by atoms with Gasteiger partial charge in [-0.05, 0) is 43.4 Å². The topological polar surface area (TPSA) is 87.6 Å². The lowest BCUT2D eigenvalue weighted by molar-refractivity contribution is 0.0696. The van der Waals surface area contributed by atoms with Gasteiger partial charge >= 0.3 is 5.97 Å². The summed E-state index contributed by atoms with van der Waals surface area (Å²) >= 11 is 0. The summed E-state index contributed by atoms with van der Waals surface area (Å²) in [7, 11) is -3.82. The van der Waals surface area contributed by atoms with Gasteiger partial charge in [0.1, 0.15) is 0 Å². The molecule has 0 spiro atoms. The number of carbonyl (C=O) groups is 1. The number of carboxylic acids is 1. The SMILES string of the molecule is CC(C1CC1)N(Cc1ccccc1)S(=O)(=O)c1ccc(C(=O)O)cn1. The molecule has 132 valence electrons. The summed E-state index contributed by atoms with van der Waals surface area (Å²) < 4.78 is 27.7. The second-order valence-corrected chi connectivity index (χ2v) is 8.14. The Morgan fingerprint density at radius 2 is 1.92 bits per heavy atom. The first-order chi connectivity index (χ1) is 11.9. The Labute approximate surface area is 147 Å². The van der Waals surface area contributed by atoms with Gasteiger partial charge in [0, 0.05) is 18.8 Å². The summed E-state index contributed by atoms with van der Waals surface area (Å²) in [5.41, 5.74) is 0.865. The fourth-order valence-electron chi connectivity index (χ4n) is 2.80. The first-order valence-corrected chi connectivity index (χ1v) is 9.58. The quantitative estimate of drug-likeness (QED) is 0.820. The van der Waals surface area contributed by atoms with Gasteiger partial charge < -0.3 is 5.11 Å². The first kappa shape index (κ1) is 17.6. The lowest BCUT2D eigenvalue weighted by atomic mass is 10.2. The van der Waals surface area contributed by atoms with Gasteiger partial charge in [-0.3, -0.25) is 0 Å². The van der Waals surface area contributed by atoms with Crippen LogP contribution in [0.15, 0.2) is 53.7 Å². The molecule has 1 saturated carbocycles. The van der Waals surface area contributed by atoms with Crippen molar-refractivity contribution in [1.29, 1.82) is 0 Å². The maximum Gasteiger partial charge on any atom is 0.337 e. The molecule has 0 amide bonds. The molecule has 1 unspecified atom stereocenters. The zero-order valence-electron chi connectivity index (χ0n) is 13.9. The Kier molecular flexibility index (Phi) is 4.87. The van der Waals surface area contributed by atoms with E-state index in [9.17, 15) is 13.2 Å². The largest absolute Gasteiger partial charge is 0.478 e.